The van der Waals surface area contributed by atoms with Gasteiger partial charge in [-0.05, 0) is 61.6 Å². The molecule has 4 nitrogen and oxygen atoms in total. The predicted molar refractivity (Wildman–Crippen MR) is 100 cm³/mol. The molecule has 1 aliphatic rings. The Kier molecular flexibility index (Phi) is 5.39. The van der Waals surface area contributed by atoms with E-state index in [-0.39, 0.29) is 0 Å². The van der Waals surface area contributed by atoms with Crippen molar-refractivity contribution in [1.82, 2.24) is 5.32 Å². The number of nitrogens with two attached hydrogens (primary N) is 1. The van der Waals surface area contributed by atoms with Crippen molar-refractivity contribution in [2.75, 3.05) is 19.7 Å². The lowest BCUT2D eigenvalue weighted by molar-refractivity contribution is 0.1000. The number of hydrogen-bond donors (Lipinski definition) is 2. The van der Waals surface area contributed by atoms with Crippen LogP contribution in [0.4, 0.5) is 0 Å². The van der Waals surface area contributed by atoms with E-state index in [1.54, 1.807) is 12.1 Å². The van der Waals surface area contributed by atoms with E-state index in [0.29, 0.717) is 24.0 Å². The van der Waals surface area contributed by atoms with Crippen molar-refractivity contribution in [3.8, 4) is 5.75 Å². The first-order valence-corrected chi connectivity index (χ1v) is 8.85. The van der Waals surface area contributed by atoms with Crippen LogP contribution in [-0.4, -0.2) is 25.6 Å². The van der Waals surface area contributed by atoms with E-state index < -0.39 is 5.91 Å². The Morgan fingerprint density at radius 1 is 1.20 bits per heavy atom. The van der Waals surface area contributed by atoms with Crippen molar-refractivity contribution >= 4 is 5.91 Å². The van der Waals surface area contributed by atoms with Crippen molar-refractivity contribution in [3.05, 3.63) is 64.7 Å². The molecule has 3 rings (SSSR count). The molecule has 1 aliphatic heterocycles. The van der Waals surface area contributed by atoms with Crippen LogP contribution in [0.1, 0.15) is 39.4 Å². The molecule has 1 heterocycles. The first-order chi connectivity index (χ1) is 12.1. The zero-order valence-corrected chi connectivity index (χ0v) is 14.9. The van der Waals surface area contributed by atoms with Crippen LogP contribution in [0.25, 0.3) is 0 Å². The van der Waals surface area contributed by atoms with Gasteiger partial charge in [0.25, 0.3) is 0 Å². The van der Waals surface area contributed by atoms with Gasteiger partial charge in [0.15, 0.2) is 0 Å². The highest BCUT2D eigenvalue weighted by molar-refractivity contribution is 5.93. The zero-order chi connectivity index (χ0) is 17.8. The van der Waals surface area contributed by atoms with E-state index in [1.165, 1.54) is 5.56 Å². The second-order valence-electron chi connectivity index (χ2n) is 6.88. The summed E-state index contributed by atoms with van der Waals surface area (Å²) in [6, 6.07) is 14.3. The summed E-state index contributed by atoms with van der Waals surface area (Å²) in [5.41, 5.74) is 9.21. The Balaban J connectivity index is 1.75. The molecule has 2 atom stereocenters. The molecule has 2 aromatic carbocycles. The first-order valence-electron chi connectivity index (χ1n) is 8.85. The Morgan fingerprint density at radius 2 is 1.88 bits per heavy atom. The molecular weight excluding hydrogens is 312 g/mol. The highest BCUT2D eigenvalue weighted by Crippen LogP contribution is 2.32. The van der Waals surface area contributed by atoms with Crippen LogP contribution in [0, 0.1) is 19.8 Å². The third-order valence-electron chi connectivity index (χ3n) is 5.02. The van der Waals surface area contributed by atoms with Crippen molar-refractivity contribution in [3.63, 3.8) is 0 Å². The third-order valence-corrected chi connectivity index (χ3v) is 5.02. The van der Waals surface area contributed by atoms with Crippen LogP contribution in [0.2, 0.25) is 0 Å². The van der Waals surface area contributed by atoms with Gasteiger partial charge in [0.05, 0.1) is 6.61 Å². The second-order valence-corrected chi connectivity index (χ2v) is 6.88. The lowest BCUT2D eigenvalue weighted by Gasteiger charge is -2.32. The third kappa shape index (κ3) is 4.02. The number of amides is 1. The summed E-state index contributed by atoms with van der Waals surface area (Å²) >= 11 is 0. The number of primary amides is 1. The molecule has 0 unspecified atom stereocenters. The topological polar surface area (TPSA) is 64.4 Å². The number of carbonyl (C=O) groups is 1. The van der Waals surface area contributed by atoms with Crippen molar-refractivity contribution < 1.29 is 9.53 Å². The van der Waals surface area contributed by atoms with Gasteiger partial charge < -0.3 is 15.8 Å². The smallest absolute Gasteiger partial charge is 0.248 e. The van der Waals surface area contributed by atoms with Gasteiger partial charge in [0.2, 0.25) is 5.91 Å². The summed E-state index contributed by atoms with van der Waals surface area (Å²) < 4.78 is 6.20. The van der Waals surface area contributed by atoms with Crippen LogP contribution >= 0.6 is 0 Å². The van der Waals surface area contributed by atoms with Gasteiger partial charge in [-0.25, -0.2) is 0 Å². The van der Waals surface area contributed by atoms with E-state index in [9.17, 15) is 4.79 Å². The number of rotatable bonds is 5. The van der Waals surface area contributed by atoms with Crippen molar-refractivity contribution in [1.29, 1.82) is 0 Å². The fourth-order valence-corrected chi connectivity index (χ4v) is 3.75. The lowest BCUT2D eigenvalue weighted by Crippen LogP contribution is -2.38. The fraction of sp³-hybridized carbons (Fsp3) is 0.381. The van der Waals surface area contributed by atoms with Gasteiger partial charge in [0, 0.05) is 18.0 Å². The maximum atomic E-state index is 11.4. The molecule has 25 heavy (non-hydrogen) atoms. The largest absolute Gasteiger partial charge is 0.493 e. The van der Waals surface area contributed by atoms with Gasteiger partial charge in [-0.1, -0.05) is 30.3 Å². The number of benzene rings is 2. The maximum absolute atomic E-state index is 11.4. The highest BCUT2D eigenvalue weighted by atomic mass is 16.5. The number of ether oxygens (including phenoxy) is 1. The van der Waals surface area contributed by atoms with E-state index >= 15 is 0 Å². The van der Waals surface area contributed by atoms with Crippen molar-refractivity contribution in [2.24, 2.45) is 11.7 Å². The minimum Gasteiger partial charge on any atom is -0.493 e. The van der Waals surface area contributed by atoms with Crippen LogP contribution < -0.4 is 15.8 Å². The fourth-order valence-electron chi connectivity index (χ4n) is 3.75. The number of piperidine rings is 1. The Hall–Kier alpha value is -2.33. The molecular formula is C21H26N2O2. The summed E-state index contributed by atoms with van der Waals surface area (Å²) in [6.07, 6.45) is 1.12. The SMILES string of the molecule is Cc1cc(C(N)=O)cc(C)c1OC[C@@H]1CNCC[C@H]1c1ccccc1. The number of aryl methyl sites for hydroxylation is 2. The van der Waals surface area contributed by atoms with Gasteiger partial charge in [-0.2, -0.15) is 0 Å². The molecule has 1 amide bonds. The monoisotopic (exact) mass is 338 g/mol. The minimum atomic E-state index is -0.404. The van der Waals surface area contributed by atoms with E-state index in [1.807, 2.05) is 13.8 Å². The Bertz CT molecular complexity index is 720. The predicted octanol–water partition coefficient (Wildman–Crippen LogP) is 3.17. The quantitative estimate of drug-likeness (QED) is 0.880. The number of hydrogen-bond acceptors (Lipinski definition) is 3. The van der Waals surface area contributed by atoms with E-state index in [0.717, 1.165) is 36.4 Å². The molecule has 0 aliphatic carbocycles. The Labute approximate surface area is 149 Å². The van der Waals surface area contributed by atoms with Crippen molar-refractivity contribution in [2.45, 2.75) is 26.2 Å². The standard InChI is InChI=1S/C21H26N2O2/c1-14-10-17(21(22)24)11-15(2)20(14)25-13-18-12-23-9-8-19(18)16-6-4-3-5-7-16/h3-7,10-11,18-19,23H,8-9,12-13H2,1-2H3,(H2,22,24)/t18-,19-/m0/s1. The lowest BCUT2D eigenvalue weighted by atomic mass is 9.81. The van der Waals surface area contributed by atoms with E-state index in [4.69, 9.17) is 10.5 Å². The van der Waals surface area contributed by atoms with Crippen LogP contribution in [0.5, 0.6) is 5.75 Å². The number of nitrogens with one attached hydrogen (secondary N) is 1. The zero-order valence-electron chi connectivity index (χ0n) is 14.9. The minimum absolute atomic E-state index is 0.404. The van der Waals surface area contributed by atoms with Gasteiger partial charge in [-0.3, -0.25) is 4.79 Å². The molecule has 0 bridgehead atoms. The summed E-state index contributed by atoms with van der Waals surface area (Å²) in [7, 11) is 0. The van der Waals surface area contributed by atoms with Crippen LogP contribution in [-0.2, 0) is 0 Å². The second kappa shape index (κ2) is 7.70. The van der Waals surface area contributed by atoms with Gasteiger partial charge in [0.1, 0.15) is 5.75 Å². The van der Waals surface area contributed by atoms with Gasteiger partial charge in [-0.15, -0.1) is 0 Å². The van der Waals surface area contributed by atoms with E-state index in [2.05, 4.69) is 35.6 Å². The summed E-state index contributed by atoms with van der Waals surface area (Å²) in [4.78, 5) is 11.4. The average molecular weight is 338 g/mol. The molecule has 0 spiro atoms. The molecule has 3 N–H and O–H groups in total. The normalized spacial score (nSPS) is 20.2. The molecule has 0 aromatic heterocycles. The first kappa shape index (κ1) is 17.5. The van der Waals surface area contributed by atoms with Crippen LogP contribution in [0.3, 0.4) is 0 Å². The van der Waals surface area contributed by atoms with Crippen LogP contribution in [0.15, 0.2) is 42.5 Å². The molecule has 132 valence electrons. The molecule has 1 saturated heterocycles. The maximum Gasteiger partial charge on any atom is 0.248 e. The molecule has 2 aromatic rings. The highest BCUT2D eigenvalue weighted by Gasteiger charge is 2.27. The summed E-state index contributed by atoms with van der Waals surface area (Å²) in [5, 5.41) is 3.48. The molecule has 4 heteroatoms. The molecule has 0 saturated carbocycles. The summed E-state index contributed by atoms with van der Waals surface area (Å²) in [6.45, 7) is 6.58. The Morgan fingerprint density at radius 3 is 2.52 bits per heavy atom. The molecule has 0 radical (unpaired) electrons. The number of carbonyl (C=O) groups excluding carboxylic acids is 1. The summed E-state index contributed by atoms with van der Waals surface area (Å²) in [5.74, 6) is 1.39. The molecule has 1 fully saturated rings. The van der Waals surface area contributed by atoms with Gasteiger partial charge >= 0.3 is 0 Å². The average Bonchev–Trinajstić information content (AvgIpc) is 2.62.